The van der Waals surface area contributed by atoms with Crippen LogP contribution in [0.3, 0.4) is 0 Å². The molecule has 3 rings (SSSR count). The average Bonchev–Trinajstić information content (AvgIpc) is 3.11. The second kappa shape index (κ2) is 8.26. The number of rotatable bonds is 4. The number of anilines is 1. The van der Waals surface area contributed by atoms with E-state index in [1.807, 2.05) is 0 Å². The number of nitrogens with zero attached hydrogens (tertiary/aromatic N) is 4. The van der Waals surface area contributed by atoms with Gasteiger partial charge in [0.1, 0.15) is 0 Å². The first kappa shape index (κ1) is 19.1. The Bertz CT molecular complexity index is 733. The fraction of sp³-hybridized carbons (Fsp3) is 0.438. The van der Waals surface area contributed by atoms with Crippen molar-refractivity contribution in [3.63, 3.8) is 0 Å². The first-order valence-electron chi connectivity index (χ1n) is 7.84. The highest BCUT2D eigenvalue weighted by atomic mass is 35.5. The van der Waals surface area contributed by atoms with E-state index >= 15 is 0 Å². The molecule has 0 spiro atoms. The monoisotopic (exact) mass is 369 g/mol. The van der Waals surface area contributed by atoms with E-state index in [-0.39, 0.29) is 35.8 Å². The minimum absolute atomic E-state index is 0. The highest BCUT2D eigenvalue weighted by Crippen LogP contribution is 2.24. The fourth-order valence-electron chi connectivity index (χ4n) is 2.78. The van der Waals surface area contributed by atoms with Crippen molar-refractivity contribution in [1.29, 1.82) is 0 Å². The highest BCUT2D eigenvalue weighted by molar-refractivity contribution is 6.04. The summed E-state index contributed by atoms with van der Waals surface area (Å²) < 4.78 is 20.5. The molecule has 1 aromatic carbocycles. The maximum absolute atomic E-state index is 13.8. The van der Waals surface area contributed by atoms with Gasteiger partial charge in [-0.2, -0.15) is 0 Å². The number of hydrogen-bond donors (Lipinski definition) is 1. The lowest BCUT2D eigenvalue weighted by molar-refractivity contribution is 0.0988. The molecule has 1 aromatic heterocycles. The summed E-state index contributed by atoms with van der Waals surface area (Å²) in [5, 5.41) is 11.3. The fourth-order valence-corrected chi connectivity index (χ4v) is 2.78. The van der Waals surface area contributed by atoms with Crippen LogP contribution in [0.5, 0.6) is 5.75 Å². The summed E-state index contributed by atoms with van der Waals surface area (Å²) in [6.45, 7) is 1.86. The van der Waals surface area contributed by atoms with Crippen molar-refractivity contribution >= 4 is 24.0 Å². The topological polar surface area (TPSA) is 72.3 Å². The Balaban J connectivity index is 0.00000225. The van der Waals surface area contributed by atoms with Crippen LogP contribution >= 0.6 is 12.4 Å². The number of halogens is 2. The molecule has 9 heteroatoms. The molecule has 7 nitrogen and oxygen atoms in total. The van der Waals surface area contributed by atoms with Crippen LogP contribution in [0, 0.1) is 5.82 Å². The molecule has 0 saturated carbocycles. The number of piperidine rings is 1. The number of amides is 1. The van der Waals surface area contributed by atoms with Gasteiger partial charge in [-0.3, -0.25) is 4.79 Å². The van der Waals surface area contributed by atoms with Crippen LogP contribution < -0.4 is 15.0 Å². The molecule has 0 unspecified atom stereocenters. The minimum atomic E-state index is -0.520. The van der Waals surface area contributed by atoms with Crippen molar-refractivity contribution in [2.75, 3.05) is 32.1 Å². The number of hydrogen-bond acceptors (Lipinski definition) is 5. The van der Waals surface area contributed by atoms with E-state index in [0.717, 1.165) is 25.9 Å². The number of nitrogens with one attached hydrogen (secondary N) is 1. The molecule has 2 aromatic rings. The van der Waals surface area contributed by atoms with Crippen LogP contribution in [0.15, 0.2) is 24.4 Å². The summed E-state index contributed by atoms with van der Waals surface area (Å²) >= 11 is 0. The van der Waals surface area contributed by atoms with Gasteiger partial charge in [0.25, 0.3) is 5.91 Å². The van der Waals surface area contributed by atoms with E-state index in [2.05, 4.69) is 15.6 Å². The molecule has 1 fully saturated rings. The largest absolute Gasteiger partial charge is 0.494 e. The summed E-state index contributed by atoms with van der Waals surface area (Å²) in [6, 6.07) is 4.62. The third-order valence-electron chi connectivity index (χ3n) is 4.24. The molecule has 0 radical (unpaired) electrons. The van der Waals surface area contributed by atoms with Crippen LogP contribution in [0.1, 0.15) is 29.4 Å². The van der Waals surface area contributed by atoms with Crippen molar-refractivity contribution in [3.05, 3.63) is 35.9 Å². The van der Waals surface area contributed by atoms with Crippen LogP contribution in [0.2, 0.25) is 0 Å². The third-order valence-corrected chi connectivity index (χ3v) is 4.24. The molecule has 1 saturated heterocycles. The first-order chi connectivity index (χ1) is 11.6. The molecular weight excluding hydrogens is 349 g/mol. The lowest BCUT2D eigenvalue weighted by Gasteiger charge is -2.22. The highest BCUT2D eigenvalue weighted by Gasteiger charge is 2.21. The summed E-state index contributed by atoms with van der Waals surface area (Å²) in [5.74, 6) is -0.718. The van der Waals surface area contributed by atoms with E-state index in [9.17, 15) is 9.18 Å². The molecule has 1 aliphatic heterocycles. The maximum atomic E-state index is 13.8. The second-order valence-corrected chi connectivity index (χ2v) is 5.75. The molecule has 0 bridgehead atoms. The first-order valence-corrected chi connectivity index (χ1v) is 7.84. The molecule has 1 aliphatic rings. The normalized spacial score (nSPS) is 14.7. The second-order valence-electron chi connectivity index (χ2n) is 5.75. The lowest BCUT2D eigenvalue weighted by atomic mass is 10.1. The van der Waals surface area contributed by atoms with Crippen molar-refractivity contribution < 1.29 is 13.9 Å². The number of methoxy groups -OCH3 is 1. The average molecular weight is 370 g/mol. The molecule has 0 atom stereocenters. The number of aromatic nitrogens is 3. The van der Waals surface area contributed by atoms with E-state index in [1.54, 1.807) is 24.0 Å². The van der Waals surface area contributed by atoms with Crippen molar-refractivity contribution in [3.8, 4) is 5.75 Å². The molecule has 0 aliphatic carbocycles. The van der Waals surface area contributed by atoms with E-state index in [4.69, 9.17) is 4.74 Å². The molecule has 1 amide bonds. The number of benzene rings is 1. The van der Waals surface area contributed by atoms with Crippen molar-refractivity contribution in [2.45, 2.75) is 18.9 Å². The van der Waals surface area contributed by atoms with Gasteiger partial charge in [-0.15, -0.1) is 17.5 Å². The predicted molar refractivity (Wildman–Crippen MR) is 94.1 cm³/mol. The van der Waals surface area contributed by atoms with Gasteiger partial charge in [0, 0.05) is 18.8 Å². The van der Waals surface area contributed by atoms with Crippen LogP contribution in [-0.2, 0) is 0 Å². The predicted octanol–water partition coefficient (Wildman–Crippen LogP) is 2.05. The number of carbonyl (C=O) groups excluding carboxylic acids is 1. The van der Waals surface area contributed by atoms with Gasteiger partial charge in [-0.05, 0) is 38.1 Å². The zero-order chi connectivity index (χ0) is 17.1. The zero-order valence-electron chi connectivity index (χ0n) is 14.1. The Labute approximate surface area is 151 Å². The Morgan fingerprint density at radius 1 is 1.40 bits per heavy atom. The van der Waals surface area contributed by atoms with E-state index < -0.39 is 5.82 Å². The van der Waals surface area contributed by atoms with Gasteiger partial charge in [-0.1, -0.05) is 5.21 Å². The van der Waals surface area contributed by atoms with Gasteiger partial charge >= 0.3 is 0 Å². The number of carbonyl (C=O) groups is 1. The Morgan fingerprint density at radius 3 is 2.76 bits per heavy atom. The number of ether oxygens (including phenoxy) is 1. The Hall–Kier alpha value is -2.19. The van der Waals surface area contributed by atoms with Crippen LogP contribution in [0.4, 0.5) is 10.1 Å². The smallest absolute Gasteiger partial charge is 0.280 e. The molecule has 136 valence electrons. The van der Waals surface area contributed by atoms with Gasteiger partial charge in [0.2, 0.25) is 0 Å². The Morgan fingerprint density at radius 2 is 2.12 bits per heavy atom. The van der Waals surface area contributed by atoms with Crippen LogP contribution in [0.25, 0.3) is 0 Å². The van der Waals surface area contributed by atoms with Gasteiger partial charge < -0.3 is 15.0 Å². The molecule has 1 N–H and O–H groups in total. The molecule has 2 heterocycles. The SMILES string of the molecule is COc1ccc(N(C)C(=O)c2cn(C3CCNCC3)nn2)cc1F.Cl. The quantitative estimate of drug-likeness (QED) is 0.893. The summed E-state index contributed by atoms with van der Waals surface area (Å²) in [6.07, 6.45) is 3.57. The van der Waals surface area contributed by atoms with Crippen LogP contribution in [-0.4, -0.2) is 48.1 Å². The van der Waals surface area contributed by atoms with Gasteiger partial charge in [0.05, 0.1) is 19.3 Å². The third kappa shape index (κ3) is 4.08. The van der Waals surface area contributed by atoms with E-state index in [1.165, 1.54) is 24.1 Å². The maximum Gasteiger partial charge on any atom is 0.280 e. The van der Waals surface area contributed by atoms with Gasteiger partial charge in [-0.25, -0.2) is 9.07 Å². The Kier molecular flexibility index (Phi) is 6.33. The standard InChI is InChI=1S/C16H20FN5O2.ClH/c1-21(12-3-4-15(24-2)13(17)9-12)16(23)14-10-22(20-19-14)11-5-7-18-8-6-11;/h3-4,9-11,18H,5-8H2,1-2H3;1H. The summed E-state index contributed by atoms with van der Waals surface area (Å²) in [7, 11) is 2.97. The molecule has 25 heavy (non-hydrogen) atoms. The van der Waals surface area contributed by atoms with Crippen molar-refractivity contribution in [2.24, 2.45) is 0 Å². The van der Waals surface area contributed by atoms with Gasteiger partial charge in [0.15, 0.2) is 17.3 Å². The lowest BCUT2D eigenvalue weighted by Crippen LogP contribution is -2.29. The summed E-state index contributed by atoms with van der Waals surface area (Å²) in [5.41, 5.74) is 0.668. The van der Waals surface area contributed by atoms with Crippen molar-refractivity contribution in [1.82, 2.24) is 20.3 Å². The molecular formula is C16H21ClFN5O2. The summed E-state index contributed by atoms with van der Waals surface area (Å²) in [4.78, 5) is 13.9. The zero-order valence-corrected chi connectivity index (χ0v) is 14.9. The van der Waals surface area contributed by atoms with E-state index in [0.29, 0.717) is 5.69 Å². The minimum Gasteiger partial charge on any atom is -0.494 e.